The fraction of sp³-hybridized carbons (Fsp3) is 0.190. The maximum atomic E-state index is 12.5. The molecule has 1 N–H and O–H groups in total. The van der Waals surface area contributed by atoms with Gasteiger partial charge >= 0.3 is 5.97 Å². The summed E-state index contributed by atoms with van der Waals surface area (Å²) in [4.78, 5) is 24.9. The molecule has 0 atom stereocenters. The van der Waals surface area contributed by atoms with Crippen LogP contribution in [0.2, 0.25) is 10.0 Å². The number of thiocarbonyl (C=S) groups is 1. The van der Waals surface area contributed by atoms with Gasteiger partial charge in [0.05, 0.1) is 12.0 Å². The van der Waals surface area contributed by atoms with Gasteiger partial charge in [0.25, 0.3) is 5.91 Å². The van der Waals surface area contributed by atoms with E-state index in [1.165, 1.54) is 0 Å². The second kappa shape index (κ2) is 9.83. The van der Waals surface area contributed by atoms with Crippen LogP contribution >= 0.6 is 47.2 Å². The Morgan fingerprint density at radius 2 is 1.93 bits per heavy atom. The molecule has 1 heterocycles. The van der Waals surface area contributed by atoms with Gasteiger partial charge in [-0.2, -0.15) is 0 Å². The molecular weight excluding hydrogens is 465 g/mol. The maximum Gasteiger partial charge on any atom is 0.323 e. The third-order valence-electron chi connectivity index (χ3n) is 4.45. The number of carbonyl (C=O) groups excluding carboxylic acids is 1. The molecule has 1 aliphatic rings. The molecule has 9 heteroatoms. The van der Waals surface area contributed by atoms with E-state index in [2.05, 4.69) is 0 Å². The Morgan fingerprint density at radius 3 is 2.60 bits per heavy atom. The van der Waals surface area contributed by atoms with Crippen molar-refractivity contribution in [3.8, 4) is 5.75 Å². The fourth-order valence-corrected chi connectivity index (χ4v) is 4.76. The lowest BCUT2D eigenvalue weighted by molar-refractivity contribution is -0.140. The average Bonchev–Trinajstić information content (AvgIpc) is 2.94. The van der Waals surface area contributed by atoms with Gasteiger partial charge in [-0.25, -0.2) is 0 Å². The van der Waals surface area contributed by atoms with Gasteiger partial charge < -0.3 is 9.84 Å². The predicted molar refractivity (Wildman–Crippen MR) is 124 cm³/mol. The summed E-state index contributed by atoms with van der Waals surface area (Å²) in [6.07, 6.45) is 3.07. The number of nitrogens with zero attached hydrogens (tertiary/aromatic N) is 1. The normalized spacial score (nSPS) is 15.2. The van der Waals surface area contributed by atoms with E-state index in [4.69, 9.17) is 45.3 Å². The number of rotatable bonds is 7. The van der Waals surface area contributed by atoms with Gasteiger partial charge in [-0.1, -0.05) is 59.3 Å². The molecule has 5 nitrogen and oxygen atoms in total. The number of ether oxygens (including phenoxy) is 1. The summed E-state index contributed by atoms with van der Waals surface area (Å²) in [5, 5.41) is 10.2. The zero-order valence-electron chi connectivity index (χ0n) is 15.9. The molecule has 0 aliphatic carbocycles. The molecule has 0 spiro atoms. The predicted octanol–water partition coefficient (Wildman–Crippen LogP) is 5.07. The van der Waals surface area contributed by atoms with Crippen molar-refractivity contribution in [1.82, 2.24) is 4.90 Å². The summed E-state index contributed by atoms with van der Waals surface area (Å²) < 4.78 is 5.70. The lowest BCUT2D eigenvalue weighted by Crippen LogP contribution is -2.33. The van der Waals surface area contributed by atoms with E-state index in [-0.39, 0.29) is 4.32 Å². The Kier molecular flexibility index (Phi) is 7.41. The second-order valence-corrected chi connectivity index (χ2v) is 8.99. The number of aryl methyl sites for hydroxylation is 2. The molecule has 0 saturated carbocycles. The van der Waals surface area contributed by atoms with Gasteiger partial charge in [0.2, 0.25) is 0 Å². The first-order valence-electron chi connectivity index (χ1n) is 8.86. The molecule has 0 radical (unpaired) electrons. The van der Waals surface area contributed by atoms with Crippen molar-refractivity contribution in [1.29, 1.82) is 0 Å². The zero-order chi connectivity index (χ0) is 21.8. The van der Waals surface area contributed by atoms with Crippen molar-refractivity contribution < 1.29 is 19.4 Å². The Hall–Kier alpha value is -2.06. The van der Waals surface area contributed by atoms with Crippen LogP contribution in [0.1, 0.15) is 16.7 Å². The van der Waals surface area contributed by atoms with Crippen molar-refractivity contribution in [3.63, 3.8) is 0 Å². The highest BCUT2D eigenvalue weighted by Crippen LogP contribution is 2.33. The zero-order valence-corrected chi connectivity index (χ0v) is 19.0. The number of carbonyl (C=O) groups is 2. The lowest BCUT2D eigenvalue weighted by atomic mass is 10.0. The second-order valence-electron chi connectivity index (χ2n) is 6.47. The number of hydrogen-bond donors (Lipinski definition) is 1. The van der Waals surface area contributed by atoms with Crippen molar-refractivity contribution in [2.45, 2.75) is 12.8 Å². The molecular formula is C21H17Cl2NO4S2. The third kappa shape index (κ3) is 5.35. The van der Waals surface area contributed by atoms with Gasteiger partial charge in [0, 0.05) is 10.0 Å². The molecule has 156 valence electrons. The summed E-state index contributed by atoms with van der Waals surface area (Å²) in [7, 11) is 1.60. The molecule has 1 saturated heterocycles. The summed E-state index contributed by atoms with van der Waals surface area (Å²) in [5.74, 6) is -0.784. The molecule has 2 aromatic carbocycles. The number of thioether (sulfide) groups is 1. The van der Waals surface area contributed by atoms with Gasteiger partial charge in [0.1, 0.15) is 16.6 Å². The van der Waals surface area contributed by atoms with E-state index in [0.29, 0.717) is 27.8 Å². The Bertz CT molecular complexity index is 1060. The van der Waals surface area contributed by atoms with E-state index >= 15 is 0 Å². The number of carboxylic acids is 1. The largest absolute Gasteiger partial charge is 0.496 e. The molecule has 0 bridgehead atoms. The summed E-state index contributed by atoms with van der Waals surface area (Å²) >= 11 is 18.5. The van der Waals surface area contributed by atoms with E-state index < -0.39 is 18.4 Å². The SMILES string of the molecule is COc1ccc(C=C2SC(=S)N(CC(=O)O)C2=O)cc1CCc1ccc(Cl)cc1Cl. The van der Waals surface area contributed by atoms with Crippen LogP contribution in [0.25, 0.3) is 6.08 Å². The number of methoxy groups -OCH3 is 1. The van der Waals surface area contributed by atoms with Crippen molar-refractivity contribution in [3.05, 3.63) is 68.0 Å². The van der Waals surface area contributed by atoms with Crippen LogP contribution in [0.4, 0.5) is 0 Å². The van der Waals surface area contributed by atoms with Gasteiger partial charge in [0.15, 0.2) is 0 Å². The number of benzene rings is 2. The van der Waals surface area contributed by atoms with Crippen molar-refractivity contribution in [2.75, 3.05) is 13.7 Å². The molecule has 1 amide bonds. The van der Waals surface area contributed by atoms with Crippen LogP contribution in [0.3, 0.4) is 0 Å². The topological polar surface area (TPSA) is 66.8 Å². The highest BCUT2D eigenvalue weighted by atomic mass is 35.5. The first kappa shape index (κ1) is 22.6. The molecule has 2 aromatic rings. The highest BCUT2D eigenvalue weighted by Gasteiger charge is 2.33. The van der Waals surface area contributed by atoms with Crippen LogP contribution in [0, 0.1) is 0 Å². The minimum atomic E-state index is -1.11. The Balaban J connectivity index is 1.82. The third-order valence-corrected chi connectivity index (χ3v) is 6.41. The van der Waals surface area contributed by atoms with E-state index in [1.807, 2.05) is 24.3 Å². The fourth-order valence-electron chi connectivity index (χ4n) is 3.00. The summed E-state index contributed by atoms with van der Waals surface area (Å²) in [6, 6.07) is 11.0. The van der Waals surface area contributed by atoms with Crippen LogP contribution in [0.5, 0.6) is 5.75 Å². The molecule has 3 rings (SSSR count). The summed E-state index contributed by atoms with van der Waals surface area (Å²) in [6.45, 7) is -0.447. The molecule has 30 heavy (non-hydrogen) atoms. The van der Waals surface area contributed by atoms with Crippen LogP contribution in [0.15, 0.2) is 41.3 Å². The number of hydrogen-bond acceptors (Lipinski definition) is 5. The Labute approximate surface area is 193 Å². The van der Waals surface area contributed by atoms with Gasteiger partial charge in [-0.05, 0) is 59.9 Å². The molecule has 1 fully saturated rings. The molecule has 0 unspecified atom stereocenters. The van der Waals surface area contributed by atoms with Crippen LogP contribution in [-0.4, -0.2) is 39.9 Å². The lowest BCUT2D eigenvalue weighted by Gasteiger charge is -2.11. The number of carboxylic acid groups (broad SMARTS) is 1. The first-order chi connectivity index (χ1) is 14.3. The smallest absolute Gasteiger partial charge is 0.323 e. The number of aliphatic carboxylic acids is 1. The molecule has 0 aromatic heterocycles. The van der Waals surface area contributed by atoms with Gasteiger partial charge in [-0.15, -0.1) is 0 Å². The average molecular weight is 482 g/mol. The van der Waals surface area contributed by atoms with Crippen LogP contribution in [-0.2, 0) is 22.4 Å². The minimum absolute atomic E-state index is 0.236. The molecule has 1 aliphatic heterocycles. The maximum absolute atomic E-state index is 12.5. The number of halogens is 2. The Morgan fingerprint density at radius 1 is 1.20 bits per heavy atom. The van der Waals surface area contributed by atoms with Crippen LogP contribution < -0.4 is 4.74 Å². The van der Waals surface area contributed by atoms with E-state index in [9.17, 15) is 9.59 Å². The highest BCUT2D eigenvalue weighted by molar-refractivity contribution is 8.26. The quantitative estimate of drug-likeness (QED) is 0.439. The van der Waals surface area contributed by atoms with E-state index in [1.54, 1.807) is 25.3 Å². The van der Waals surface area contributed by atoms with Gasteiger partial charge in [-0.3, -0.25) is 14.5 Å². The first-order valence-corrected chi connectivity index (χ1v) is 10.8. The monoisotopic (exact) mass is 481 g/mol. The summed E-state index contributed by atoms with van der Waals surface area (Å²) in [5.41, 5.74) is 2.73. The van der Waals surface area contributed by atoms with E-state index in [0.717, 1.165) is 39.1 Å². The minimum Gasteiger partial charge on any atom is -0.496 e. The standard InChI is InChI=1S/C21H17Cl2NO4S2/c1-28-17-7-2-12(9-18-20(27)24(11-19(25)26)21(29)30-18)8-14(17)4-3-13-5-6-15(22)10-16(13)23/h2,5-10H,3-4,11H2,1H3,(H,25,26). The van der Waals surface area contributed by atoms with Crippen molar-refractivity contribution >= 4 is 69.5 Å². The van der Waals surface area contributed by atoms with Crippen molar-refractivity contribution in [2.24, 2.45) is 0 Å². The number of amides is 1.